The third-order valence-corrected chi connectivity index (χ3v) is 3.28. The van der Waals surface area contributed by atoms with Gasteiger partial charge in [-0.1, -0.05) is 28.2 Å². The molecule has 1 saturated heterocycles. The molecule has 1 rings (SSSR count). The van der Waals surface area contributed by atoms with E-state index >= 15 is 0 Å². The van der Waals surface area contributed by atoms with Crippen molar-refractivity contribution in [2.75, 3.05) is 13.1 Å². The first-order valence-electron chi connectivity index (χ1n) is 3.73. The standard InChI is InChI=1S/C8H14IN/c1-6(2)7-5-10-4-3-8(7)9/h8,10H,3-5H2,1-2H3. The van der Waals surface area contributed by atoms with E-state index in [1.807, 2.05) is 0 Å². The molecule has 2 heteroatoms. The van der Waals surface area contributed by atoms with Gasteiger partial charge in [0.1, 0.15) is 0 Å². The van der Waals surface area contributed by atoms with Gasteiger partial charge in [-0.25, -0.2) is 0 Å². The van der Waals surface area contributed by atoms with Crippen LogP contribution in [0.15, 0.2) is 11.1 Å². The fraction of sp³-hybridized carbons (Fsp3) is 0.750. The predicted octanol–water partition coefficient (Wildman–Crippen LogP) is 2.12. The Morgan fingerprint density at radius 1 is 1.60 bits per heavy atom. The fourth-order valence-electron chi connectivity index (χ4n) is 1.23. The Bertz CT molecular complexity index is 147. The van der Waals surface area contributed by atoms with Crippen molar-refractivity contribution in [1.29, 1.82) is 0 Å². The van der Waals surface area contributed by atoms with Crippen LogP contribution >= 0.6 is 22.6 Å². The van der Waals surface area contributed by atoms with E-state index in [1.54, 1.807) is 5.57 Å². The topological polar surface area (TPSA) is 12.0 Å². The summed E-state index contributed by atoms with van der Waals surface area (Å²) < 4.78 is 0.781. The van der Waals surface area contributed by atoms with Crippen LogP contribution in [0.5, 0.6) is 0 Å². The van der Waals surface area contributed by atoms with Gasteiger partial charge in [-0.15, -0.1) is 0 Å². The minimum absolute atomic E-state index is 0.781. The molecule has 0 amide bonds. The Morgan fingerprint density at radius 3 is 2.70 bits per heavy atom. The predicted molar refractivity (Wildman–Crippen MR) is 53.7 cm³/mol. The van der Waals surface area contributed by atoms with E-state index in [1.165, 1.54) is 18.5 Å². The Hall–Kier alpha value is 0.430. The van der Waals surface area contributed by atoms with Crippen LogP contribution in [-0.2, 0) is 0 Å². The maximum absolute atomic E-state index is 3.38. The number of halogens is 1. The van der Waals surface area contributed by atoms with Crippen LogP contribution < -0.4 is 5.32 Å². The molecule has 1 aliphatic rings. The second-order valence-electron chi connectivity index (χ2n) is 2.96. The summed E-state index contributed by atoms with van der Waals surface area (Å²) in [5.41, 5.74) is 3.10. The van der Waals surface area contributed by atoms with Crippen molar-refractivity contribution in [3.63, 3.8) is 0 Å². The molecular formula is C8H14IN. The highest BCUT2D eigenvalue weighted by Crippen LogP contribution is 2.21. The van der Waals surface area contributed by atoms with Crippen LogP contribution in [0, 0.1) is 0 Å². The van der Waals surface area contributed by atoms with Crippen LogP contribution in [0.2, 0.25) is 0 Å². The highest BCUT2D eigenvalue weighted by molar-refractivity contribution is 14.1. The minimum Gasteiger partial charge on any atom is -0.313 e. The lowest BCUT2D eigenvalue weighted by molar-refractivity contribution is 0.623. The molecule has 0 spiro atoms. The van der Waals surface area contributed by atoms with Crippen LogP contribution in [-0.4, -0.2) is 17.0 Å². The first kappa shape index (κ1) is 8.53. The van der Waals surface area contributed by atoms with Crippen molar-refractivity contribution in [2.45, 2.75) is 24.2 Å². The maximum Gasteiger partial charge on any atom is 0.0345 e. The Labute approximate surface area is 76.4 Å². The molecule has 1 unspecified atom stereocenters. The summed E-state index contributed by atoms with van der Waals surface area (Å²) in [6.07, 6.45) is 1.29. The first-order chi connectivity index (χ1) is 4.72. The van der Waals surface area contributed by atoms with Gasteiger partial charge in [-0.3, -0.25) is 0 Å². The summed E-state index contributed by atoms with van der Waals surface area (Å²) in [6, 6.07) is 0. The van der Waals surface area contributed by atoms with E-state index in [0.29, 0.717) is 0 Å². The second-order valence-corrected chi connectivity index (χ2v) is 4.46. The number of piperidine rings is 1. The van der Waals surface area contributed by atoms with E-state index in [9.17, 15) is 0 Å². The molecule has 0 aromatic heterocycles. The molecule has 0 aromatic carbocycles. The Kier molecular flexibility index (Phi) is 3.17. The van der Waals surface area contributed by atoms with Gasteiger partial charge in [0.15, 0.2) is 0 Å². The van der Waals surface area contributed by atoms with Crippen molar-refractivity contribution in [2.24, 2.45) is 0 Å². The van der Waals surface area contributed by atoms with Gasteiger partial charge in [-0.2, -0.15) is 0 Å². The van der Waals surface area contributed by atoms with Gasteiger partial charge < -0.3 is 5.32 Å². The highest BCUT2D eigenvalue weighted by Gasteiger charge is 2.15. The fourth-order valence-corrected chi connectivity index (χ4v) is 2.38. The smallest absolute Gasteiger partial charge is 0.0345 e. The Balaban J connectivity index is 2.65. The summed E-state index contributed by atoms with van der Waals surface area (Å²) in [7, 11) is 0. The molecule has 0 radical (unpaired) electrons. The first-order valence-corrected chi connectivity index (χ1v) is 4.97. The van der Waals surface area contributed by atoms with Crippen LogP contribution in [0.1, 0.15) is 20.3 Å². The molecule has 10 heavy (non-hydrogen) atoms. The average Bonchev–Trinajstić information content (AvgIpc) is 1.88. The van der Waals surface area contributed by atoms with Gasteiger partial charge >= 0.3 is 0 Å². The lowest BCUT2D eigenvalue weighted by Gasteiger charge is -2.22. The summed E-state index contributed by atoms with van der Waals surface area (Å²) in [5, 5.41) is 3.38. The van der Waals surface area contributed by atoms with Gasteiger partial charge in [-0.05, 0) is 32.4 Å². The zero-order chi connectivity index (χ0) is 7.56. The highest BCUT2D eigenvalue weighted by atomic mass is 127. The molecule has 1 fully saturated rings. The Morgan fingerprint density at radius 2 is 2.30 bits per heavy atom. The van der Waals surface area contributed by atoms with Crippen molar-refractivity contribution in [3.05, 3.63) is 11.1 Å². The van der Waals surface area contributed by atoms with Crippen LogP contribution in [0.3, 0.4) is 0 Å². The van der Waals surface area contributed by atoms with E-state index in [4.69, 9.17) is 0 Å². The summed E-state index contributed by atoms with van der Waals surface area (Å²) >= 11 is 2.54. The number of allylic oxidation sites excluding steroid dienone is 1. The SMILES string of the molecule is CC(C)=C1CNCCC1I. The number of alkyl halides is 1. The normalized spacial score (nSPS) is 26.7. The monoisotopic (exact) mass is 251 g/mol. The second kappa shape index (κ2) is 3.72. The molecule has 1 aliphatic heterocycles. The number of hydrogen-bond donors (Lipinski definition) is 1. The van der Waals surface area contributed by atoms with E-state index in [-0.39, 0.29) is 0 Å². The molecule has 1 nitrogen and oxygen atoms in total. The zero-order valence-corrected chi connectivity index (χ0v) is 8.73. The molecule has 1 heterocycles. The summed E-state index contributed by atoms with van der Waals surface area (Å²) in [6.45, 7) is 6.70. The van der Waals surface area contributed by atoms with Gasteiger partial charge in [0.05, 0.1) is 0 Å². The van der Waals surface area contributed by atoms with E-state index in [2.05, 4.69) is 41.8 Å². The molecule has 1 N–H and O–H groups in total. The number of rotatable bonds is 0. The van der Waals surface area contributed by atoms with Gasteiger partial charge in [0.25, 0.3) is 0 Å². The van der Waals surface area contributed by atoms with Gasteiger partial charge in [0.2, 0.25) is 0 Å². The van der Waals surface area contributed by atoms with Crippen molar-refractivity contribution in [1.82, 2.24) is 5.32 Å². The molecule has 0 aliphatic carbocycles. The van der Waals surface area contributed by atoms with Crippen LogP contribution in [0.4, 0.5) is 0 Å². The number of hydrogen-bond acceptors (Lipinski definition) is 1. The maximum atomic E-state index is 3.38. The van der Waals surface area contributed by atoms with Crippen molar-refractivity contribution >= 4 is 22.6 Å². The number of nitrogens with one attached hydrogen (secondary N) is 1. The third kappa shape index (κ3) is 1.95. The quantitative estimate of drug-likeness (QED) is 0.395. The van der Waals surface area contributed by atoms with Crippen molar-refractivity contribution < 1.29 is 0 Å². The van der Waals surface area contributed by atoms with Gasteiger partial charge in [0, 0.05) is 10.5 Å². The summed E-state index contributed by atoms with van der Waals surface area (Å²) in [5.74, 6) is 0. The van der Waals surface area contributed by atoms with E-state index < -0.39 is 0 Å². The lowest BCUT2D eigenvalue weighted by atomic mass is 10.0. The molecular weight excluding hydrogens is 237 g/mol. The molecule has 0 saturated carbocycles. The average molecular weight is 251 g/mol. The molecule has 0 bridgehead atoms. The molecule has 0 aromatic rings. The van der Waals surface area contributed by atoms with E-state index in [0.717, 1.165) is 10.5 Å². The summed E-state index contributed by atoms with van der Waals surface area (Å²) in [4.78, 5) is 0. The minimum atomic E-state index is 0.781. The lowest BCUT2D eigenvalue weighted by Crippen LogP contribution is -2.31. The third-order valence-electron chi connectivity index (χ3n) is 1.91. The van der Waals surface area contributed by atoms with Crippen molar-refractivity contribution in [3.8, 4) is 0 Å². The zero-order valence-electron chi connectivity index (χ0n) is 6.58. The van der Waals surface area contributed by atoms with Crippen LogP contribution in [0.25, 0.3) is 0 Å². The molecule has 58 valence electrons. The molecule has 1 atom stereocenters. The largest absolute Gasteiger partial charge is 0.313 e.